The van der Waals surface area contributed by atoms with Crippen LogP contribution in [0.3, 0.4) is 0 Å². The van der Waals surface area contributed by atoms with Gasteiger partial charge in [-0.1, -0.05) is 12.8 Å². The van der Waals surface area contributed by atoms with Gasteiger partial charge in [-0.2, -0.15) is 0 Å². The first-order chi connectivity index (χ1) is 12.3. The van der Waals surface area contributed by atoms with E-state index in [1.165, 1.54) is 51.6 Å². The minimum Gasteiger partial charge on any atom is -0.348 e. The second kappa shape index (κ2) is 6.09. The van der Waals surface area contributed by atoms with Crippen molar-refractivity contribution in [2.24, 2.45) is 5.92 Å². The SMILES string of the molecule is O=C(NC1CN2CCC1CC2)c1cnc2c(c1)ncn2C1CCCC1. The number of rotatable bonds is 3. The Balaban J connectivity index is 1.35. The summed E-state index contributed by atoms with van der Waals surface area (Å²) in [5.41, 5.74) is 2.36. The molecule has 1 atom stereocenters. The van der Waals surface area contributed by atoms with Gasteiger partial charge in [0.2, 0.25) is 0 Å². The number of nitrogens with one attached hydrogen (secondary N) is 1. The Hall–Kier alpha value is -1.95. The van der Waals surface area contributed by atoms with Crippen LogP contribution in [-0.2, 0) is 0 Å². The molecule has 132 valence electrons. The molecule has 0 radical (unpaired) electrons. The van der Waals surface area contributed by atoms with E-state index >= 15 is 0 Å². The molecule has 4 aliphatic rings. The summed E-state index contributed by atoms with van der Waals surface area (Å²) in [4.78, 5) is 24.2. The van der Waals surface area contributed by atoms with E-state index in [0.29, 0.717) is 17.5 Å². The van der Waals surface area contributed by atoms with Crippen LogP contribution in [0.25, 0.3) is 11.2 Å². The number of piperidine rings is 3. The average molecular weight is 339 g/mol. The van der Waals surface area contributed by atoms with E-state index in [1.807, 2.05) is 12.4 Å². The van der Waals surface area contributed by atoms with E-state index in [2.05, 4.69) is 24.8 Å². The van der Waals surface area contributed by atoms with Crippen LogP contribution in [-0.4, -0.2) is 51.0 Å². The van der Waals surface area contributed by atoms with Gasteiger partial charge in [-0.15, -0.1) is 0 Å². The number of aromatic nitrogens is 3. The van der Waals surface area contributed by atoms with Crippen molar-refractivity contribution in [2.75, 3.05) is 19.6 Å². The van der Waals surface area contributed by atoms with Crippen LogP contribution in [0, 0.1) is 5.92 Å². The van der Waals surface area contributed by atoms with Gasteiger partial charge in [0.05, 0.1) is 11.9 Å². The van der Waals surface area contributed by atoms with Crippen molar-refractivity contribution in [3.05, 3.63) is 24.2 Å². The molecule has 6 rings (SSSR count). The van der Waals surface area contributed by atoms with E-state index in [4.69, 9.17) is 0 Å². The fourth-order valence-electron chi connectivity index (χ4n) is 4.87. The number of pyridine rings is 1. The van der Waals surface area contributed by atoms with E-state index in [-0.39, 0.29) is 11.9 Å². The summed E-state index contributed by atoms with van der Waals surface area (Å²) in [6, 6.07) is 2.69. The molecule has 25 heavy (non-hydrogen) atoms. The fourth-order valence-corrected chi connectivity index (χ4v) is 4.87. The van der Waals surface area contributed by atoms with Crippen LogP contribution in [0.15, 0.2) is 18.6 Å². The van der Waals surface area contributed by atoms with Gasteiger partial charge >= 0.3 is 0 Å². The third-order valence-corrected chi connectivity index (χ3v) is 6.37. The van der Waals surface area contributed by atoms with Crippen LogP contribution < -0.4 is 5.32 Å². The molecule has 5 heterocycles. The molecule has 1 saturated carbocycles. The van der Waals surface area contributed by atoms with Gasteiger partial charge in [0.25, 0.3) is 5.91 Å². The molecule has 4 fully saturated rings. The highest BCUT2D eigenvalue weighted by atomic mass is 16.1. The van der Waals surface area contributed by atoms with Crippen molar-refractivity contribution in [1.82, 2.24) is 24.8 Å². The summed E-state index contributed by atoms with van der Waals surface area (Å²) in [7, 11) is 0. The zero-order valence-electron chi connectivity index (χ0n) is 14.5. The van der Waals surface area contributed by atoms with Gasteiger partial charge < -0.3 is 14.8 Å². The molecule has 6 heteroatoms. The number of fused-ring (bicyclic) bond motifs is 4. The summed E-state index contributed by atoms with van der Waals surface area (Å²) in [5.74, 6) is 0.621. The number of hydrogen-bond acceptors (Lipinski definition) is 4. The third kappa shape index (κ3) is 2.72. The molecule has 1 unspecified atom stereocenters. The summed E-state index contributed by atoms with van der Waals surface area (Å²) < 4.78 is 2.19. The zero-order valence-corrected chi connectivity index (χ0v) is 14.5. The van der Waals surface area contributed by atoms with E-state index in [0.717, 1.165) is 17.7 Å². The maximum absolute atomic E-state index is 12.7. The van der Waals surface area contributed by atoms with Gasteiger partial charge in [-0.25, -0.2) is 9.97 Å². The van der Waals surface area contributed by atoms with Gasteiger partial charge in [-0.3, -0.25) is 4.79 Å². The van der Waals surface area contributed by atoms with E-state index in [1.54, 1.807) is 6.20 Å². The molecule has 0 aromatic carbocycles. The molecule has 0 spiro atoms. The molecule has 3 saturated heterocycles. The number of nitrogens with zero attached hydrogens (tertiary/aromatic N) is 4. The van der Waals surface area contributed by atoms with Crippen LogP contribution in [0.5, 0.6) is 0 Å². The maximum Gasteiger partial charge on any atom is 0.253 e. The Labute approximate surface area is 147 Å². The first-order valence-corrected chi connectivity index (χ1v) is 9.64. The highest BCUT2D eigenvalue weighted by Crippen LogP contribution is 2.31. The number of carbonyl (C=O) groups excluding carboxylic acids is 1. The molecule has 1 amide bonds. The topological polar surface area (TPSA) is 63.1 Å². The van der Waals surface area contributed by atoms with Crippen LogP contribution in [0.1, 0.15) is 54.9 Å². The molecule has 1 N–H and O–H groups in total. The number of imidazole rings is 1. The lowest BCUT2D eigenvalue weighted by Gasteiger charge is -2.44. The minimum atomic E-state index is -0.0106. The Kier molecular flexibility index (Phi) is 3.73. The molecule has 3 aliphatic heterocycles. The van der Waals surface area contributed by atoms with Crippen molar-refractivity contribution < 1.29 is 4.79 Å². The Bertz CT molecular complexity index is 786. The molecule has 2 bridgehead atoms. The predicted molar refractivity (Wildman–Crippen MR) is 95.5 cm³/mol. The minimum absolute atomic E-state index is 0.0106. The van der Waals surface area contributed by atoms with Crippen LogP contribution >= 0.6 is 0 Å². The summed E-state index contributed by atoms with van der Waals surface area (Å²) in [6.07, 6.45) is 11.0. The highest BCUT2D eigenvalue weighted by Gasteiger charge is 2.35. The lowest BCUT2D eigenvalue weighted by atomic mass is 9.84. The Morgan fingerprint density at radius 1 is 1.12 bits per heavy atom. The largest absolute Gasteiger partial charge is 0.348 e. The van der Waals surface area contributed by atoms with Gasteiger partial charge in [0, 0.05) is 24.8 Å². The fraction of sp³-hybridized carbons (Fsp3) is 0.632. The maximum atomic E-state index is 12.7. The smallest absolute Gasteiger partial charge is 0.253 e. The van der Waals surface area contributed by atoms with Crippen molar-refractivity contribution in [1.29, 1.82) is 0 Å². The highest BCUT2D eigenvalue weighted by molar-refractivity contribution is 5.96. The van der Waals surface area contributed by atoms with E-state index < -0.39 is 0 Å². The summed E-state index contributed by atoms with van der Waals surface area (Å²) in [6.45, 7) is 3.36. The lowest BCUT2D eigenvalue weighted by molar-refractivity contribution is 0.0620. The van der Waals surface area contributed by atoms with E-state index in [9.17, 15) is 4.79 Å². The average Bonchev–Trinajstić information content (AvgIpc) is 3.31. The molecule has 2 aromatic rings. The summed E-state index contributed by atoms with van der Waals surface area (Å²) in [5, 5.41) is 3.24. The molecular formula is C19H25N5O. The standard InChI is InChI=1S/C19H25N5O/c25-19(22-17-11-23-7-5-13(17)6-8-23)14-9-16-18(20-10-14)24(12-21-16)15-3-1-2-4-15/h9-10,12-13,15,17H,1-8,11H2,(H,22,25). The Morgan fingerprint density at radius 2 is 1.92 bits per heavy atom. The van der Waals surface area contributed by atoms with Gasteiger partial charge in [0.15, 0.2) is 5.65 Å². The predicted octanol–water partition coefficient (Wildman–Crippen LogP) is 2.37. The molecule has 6 nitrogen and oxygen atoms in total. The molecular weight excluding hydrogens is 314 g/mol. The zero-order chi connectivity index (χ0) is 16.8. The van der Waals surface area contributed by atoms with Crippen molar-refractivity contribution >= 4 is 17.1 Å². The van der Waals surface area contributed by atoms with Crippen molar-refractivity contribution in [3.63, 3.8) is 0 Å². The molecule has 1 aliphatic carbocycles. The summed E-state index contributed by atoms with van der Waals surface area (Å²) >= 11 is 0. The monoisotopic (exact) mass is 339 g/mol. The third-order valence-electron chi connectivity index (χ3n) is 6.37. The van der Waals surface area contributed by atoms with Crippen molar-refractivity contribution in [2.45, 2.75) is 50.6 Å². The Morgan fingerprint density at radius 3 is 2.64 bits per heavy atom. The number of amides is 1. The normalized spacial score (nSPS) is 29.4. The quantitative estimate of drug-likeness (QED) is 0.932. The first-order valence-electron chi connectivity index (χ1n) is 9.64. The van der Waals surface area contributed by atoms with Gasteiger partial charge in [-0.05, 0) is 50.8 Å². The molecule has 2 aromatic heterocycles. The van der Waals surface area contributed by atoms with Gasteiger partial charge in [0.1, 0.15) is 5.52 Å². The lowest BCUT2D eigenvalue weighted by Crippen LogP contribution is -2.57. The second-order valence-electron chi connectivity index (χ2n) is 7.87. The van der Waals surface area contributed by atoms with Crippen molar-refractivity contribution in [3.8, 4) is 0 Å². The second-order valence-corrected chi connectivity index (χ2v) is 7.87. The first kappa shape index (κ1) is 15.3. The number of carbonyl (C=O) groups is 1. The van der Waals surface area contributed by atoms with Crippen LogP contribution in [0.2, 0.25) is 0 Å². The number of hydrogen-bond donors (Lipinski definition) is 1. The van der Waals surface area contributed by atoms with Crippen LogP contribution in [0.4, 0.5) is 0 Å².